The smallest absolute Gasteiger partial charge is 0.0852 e. The van der Waals surface area contributed by atoms with Crippen LogP contribution in [0.4, 0.5) is 5.69 Å². The van der Waals surface area contributed by atoms with Crippen LogP contribution in [0.2, 0.25) is 0 Å². The second-order valence-corrected chi connectivity index (χ2v) is 1.70. The van der Waals surface area contributed by atoms with Gasteiger partial charge in [-0.3, -0.25) is 4.98 Å². The van der Waals surface area contributed by atoms with E-state index in [9.17, 15) is 0 Å². The van der Waals surface area contributed by atoms with Crippen molar-refractivity contribution in [1.29, 1.82) is 0 Å². The molecule has 2 N–H and O–H groups in total. The summed E-state index contributed by atoms with van der Waals surface area (Å²) >= 11 is 0. The minimum Gasteiger partial charge on any atom is -0.697 e. The minimum absolute atomic E-state index is 0. The van der Waals surface area contributed by atoms with E-state index in [4.69, 9.17) is 10.8 Å². The summed E-state index contributed by atoms with van der Waals surface area (Å²) in [5, 5.41) is 8.50. The molecule has 4 heteroatoms. The number of aliphatic hydroxyl groups is 1. The van der Waals surface area contributed by atoms with Crippen molar-refractivity contribution >= 4 is 5.69 Å². The predicted molar refractivity (Wildman–Crippen MR) is 34.1 cm³/mol. The van der Waals surface area contributed by atoms with Crippen LogP contribution in [-0.4, -0.2) is 10.1 Å². The van der Waals surface area contributed by atoms with Crippen molar-refractivity contribution in [3.63, 3.8) is 0 Å². The molecule has 0 fully saturated rings. The molecule has 0 saturated heterocycles. The van der Waals surface area contributed by atoms with E-state index >= 15 is 0 Å². The molecule has 0 atom stereocenters. The van der Waals surface area contributed by atoms with Crippen LogP contribution in [0, 0.1) is 0 Å². The number of aliphatic hydroxyl groups excluding tert-OH is 1. The number of nitrogens with zero attached hydrogens (tertiary/aromatic N) is 1. The van der Waals surface area contributed by atoms with Gasteiger partial charge >= 0.3 is 0 Å². The summed E-state index contributed by atoms with van der Waals surface area (Å²) in [6.45, 7) is -0.0553. The van der Waals surface area contributed by atoms with Crippen LogP contribution in [0.1, 0.15) is 5.69 Å². The Morgan fingerprint density at radius 1 is 1.50 bits per heavy atom. The van der Waals surface area contributed by atoms with Crippen LogP contribution in [-0.2, 0) is 39.3 Å². The number of hydrogen-bond acceptors (Lipinski definition) is 2. The zero-order chi connectivity index (χ0) is 6.69. The van der Waals surface area contributed by atoms with E-state index in [1.165, 1.54) is 6.20 Å². The van der Waals surface area contributed by atoms with Gasteiger partial charge in [0.15, 0.2) is 0 Å². The van der Waals surface area contributed by atoms with Crippen molar-refractivity contribution in [2.75, 3.05) is 0 Å². The Kier molecular flexibility index (Phi) is 4.78. The van der Waals surface area contributed by atoms with E-state index in [0.717, 1.165) is 0 Å². The molecule has 0 aliphatic rings. The molecule has 0 unspecified atom stereocenters. The molecule has 0 saturated carbocycles. The minimum atomic E-state index is -0.0553. The SMILES string of the molecule is [NH-]c1ccc(CO)nc1.[Y]. The molecule has 51 valence electrons. The Labute approximate surface area is 84.5 Å². The van der Waals surface area contributed by atoms with Crippen LogP contribution in [0.15, 0.2) is 18.3 Å². The number of nitrogens with one attached hydrogen (secondary N) is 1. The number of hydrogen-bond donors (Lipinski definition) is 1. The molecule has 1 aromatic heterocycles. The Morgan fingerprint density at radius 2 is 2.20 bits per heavy atom. The van der Waals surface area contributed by atoms with Crippen molar-refractivity contribution in [2.45, 2.75) is 6.61 Å². The van der Waals surface area contributed by atoms with E-state index in [2.05, 4.69) is 4.98 Å². The van der Waals surface area contributed by atoms with Gasteiger partial charge in [-0.15, -0.1) is 5.69 Å². The fourth-order valence-corrected chi connectivity index (χ4v) is 0.518. The average molecular weight is 212 g/mol. The first-order chi connectivity index (χ1) is 4.33. The first-order valence-electron chi connectivity index (χ1n) is 2.60. The zero-order valence-electron chi connectivity index (χ0n) is 5.41. The Bertz CT molecular complexity index is 187. The Hall–Kier alpha value is 0.0139. The molecule has 10 heavy (non-hydrogen) atoms. The molecule has 0 aromatic carbocycles. The topological polar surface area (TPSA) is 56.9 Å². The molecule has 0 bridgehead atoms. The van der Waals surface area contributed by atoms with Crippen molar-refractivity contribution in [3.8, 4) is 0 Å². The third kappa shape index (κ3) is 2.73. The van der Waals surface area contributed by atoms with Crippen LogP contribution < -0.4 is 0 Å². The molecule has 0 aliphatic carbocycles. The molecule has 0 spiro atoms. The third-order valence-electron chi connectivity index (χ3n) is 0.987. The van der Waals surface area contributed by atoms with E-state index < -0.39 is 0 Å². The molecule has 0 amide bonds. The van der Waals surface area contributed by atoms with Gasteiger partial charge in [-0.2, -0.15) is 0 Å². The summed E-state index contributed by atoms with van der Waals surface area (Å²) < 4.78 is 0. The normalized spacial score (nSPS) is 8.50. The Morgan fingerprint density at radius 3 is 2.60 bits per heavy atom. The maximum atomic E-state index is 8.50. The molecular weight excluding hydrogens is 205 g/mol. The third-order valence-corrected chi connectivity index (χ3v) is 0.987. The summed E-state index contributed by atoms with van der Waals surface area (Å²) in [4.78, 5) is 3.76. The van der Waals surface area contributed by atoms with Gasteiger partial charge in [0.2, 0.25) is 0 Å². The molecule has 3 nitrogen and oxygen atoms in total. The maximum absolute atomic E-state index is 8.50. The van der Waals surface area contributed by atoms with Crippen molar-refractivity contribution in [2.24, 2.45) is 0 Å². The molecule has 1 radical (unpaired) electrons. The standard InChI is InChI=1S/C6H7N2O.Y/c7-5-1-2-6(4-9)8-3-5;/h1-3,7,9H,4H2;/q-1;. The van der Waals surface area contributed by atoms with E-state index in [1.807, 2.05) is 0 Å². The summed E-state index contributed by atoms with van der Waals surface area (Å²) in [6.07, 6.45) is 1.41. The quantitative estimate of drug-likeness (QED) is 0.761. The molecule has 1 heterocycles. The van der Waals surface area contributed by atoms with Crippen molar-refractivity contribution in [3.05, 3.63) is 29.8 Å². The first-order valence-corrected chi connectivity index (χ1v) is 2.60. The summed E-state index contributed by atoms with van der Waals surface area (Å²) in [5.41, 5.74) is 7.99. The van der Waals surface area contributed by atoms with Gasteiger partial charge in [-0.1, -0.05) is 6.07 Å². The van der Waals surface area contributed by atoms with Gasteiger partial charge in [0, 0.05) is 38.9 Å². The Balaban J connectivity index is 0.000000810. The molecular formula is C6H7N2OY-. The number of pyridine rings is 1. The number of aromatic nitrogens is 1. The molecule has 0 aliphatic heterocycles. The zero-order valence-corrected chi connectivity index (χ0v) is 8.25. The van der Waals surface area contributed by atoms with Crippen LogP contribution in [0.3, 0.4) is 0 Å². The maximum Gasteiger partial charge on any atom is 0.0852 e. The summed E-state index contributed by atoms with van der Waals surface area (Å²) in [6, 6.07) is 3.22. The predicted octanol–water partition coefficient (Wildman–Crippen LogP) is 1.26. The summed E-state index contributed by atoms with van der Waals surface area (Å²) in [7, 11) is 0. The van der Waals surface area contributed by atoms with E-state index in [1.54, 1.807) is 12.1 Å². The largest absolute Gasteiger partial charge is 0.697 e. The first kappa shape index (κ1) is 10.0. The van der Waals surface area contributed by atoms with Crippen LogP contribution in [0.25, 0.3) is 5.73 Å². The average Bonchev–Trinajstić information content (AvgIpc) is 1.90. The van der Waals surface area contributed by atoms with E-state index in [-0.39, 0.29) is 39.3 Å². The van der Waals surface area contributed by atoms with E-state index in [0.29, 0.717) is 11.4 Å². The van der Waals surface area contributed by atoms with Gasteiger partial charge in [0.1, 0.15) is 0 Å². The number of rotatable bonds is 1. The fourth-order valence-electron chi connectivity index (χ4n) is 0.518. The second-order valence-electron chi connectivity index (χ2n) is 1.70. The van der Waals surface area contributed by atoms with Gasteiger partial charge in [-0.05, 0) is 6.07 Å². The second kappa shape index (κ2) is 4.77. The van der Waals surface area contributed by atoms with Gasteiger partial charge in [0.05, 0.1) is 12.3 Å². The fraction of sp³-hybridized carbons (Fsp3) is 0.167. The van der Waals surface area contributed by atoms with Gasteiger partial charge < -0.3 is 10.8 Å². The van der Waals surface area contributed by atoms with Crippen LogP contribution >= 0.6 is 0 Å². The molecule has 1 rings (SSSR count). The van der Waals surface area contributed by atoms with Crippen molar-refractivity contribution < 1.29 is 37.8 Å². The van der Waals surface area contributed by atoms with Gasteiger partial charge in [0.25, 0.3) is 0 Å². The van der Waals surface area contributed by atoms with Crippen molar-refractivity contribution in [1.82, 2.24) is 4.98 Å². The van der Waals surface area contributed by atoms with Gasteiger partial charge in [-0.25, -0.2) is 0 Å². The summed E-state index contributed by atoms with van der Waals surface area (Å²) in [5.74, 6) is 0. The monoisotopic (exact) mass is 212 g/mol. The molecule has 1 aromatic rings. The van der Waals surface area contributed by atoms with Crippen LogP contribution in [0.5, 0.6) is 0 Å².